The standard InChI is InChI=1S/C17H28N2/c1-3-4-5-6-7-13(2)19-17-11-8-14-12-15(18)9-10-16(14)17/h9-10,12-13,17,19H,3-8,11,18H2,1-2H3. The number of unbranched alkanes of at least 4 members (excludes halogenated alkanes) is 3. The van der Waals surface area contributed by atoms with E-state index in [1.54, 1.807) is 0 Å². The van der Waals surface area contributed by atoms with Gasteiger partial charge in [-0.2, -0.15) is 0 Å². The fraction of sp³-hybridized carbons (Fsp3) is 0.647. The first-order chi connectivity index (χ1) is 9.20. The van der Waals surface area contributed by atoms with Crippen LogP contribution in [0.4, 0.5) is 5.69 Å². The minimum atomic E-state index is 0.539. The van der Waals surface area contributed by atoms with Crippen LogP contribution in [-0.4, -0.2) is 6.04 Å². The maximum atomic E-state index is 5.85. The first-order valence-corrected chi connectivity index (χ1v) is 7.85. The summed E-state index contributed by atoms with van der Waals surface area (Å²) in [7, 11) is 0. The average molecular weight is 260 g/mol. The zero-order valence-corrected chi connectivity index (χ0v) is 12.4. The van der Waals surface area contributed by atoms with E-state index in [1.807, 2.05) is 6.07 Å². The third-order valence-corrected chi connectivity index (χ3v) is 4.22. The number of fused-ring (bicyclic) bond motifs is 1. The molecular formula is C17H28N2. The van der Waals surface area contributed by atoms with Crippen LogP contribution in [0.5, 0.6) is 0 Å². The summed E-state index contributed by atoms with van der Waals surface area (Å²) in [6, 6.07) is 7.54. The topological polar surface area (TPSA) is 38.0 Å². The maximum absolute atomic E-state index is 5.85. The zero-order valence-electron chi connectivity index (χ0n) is 12.4. The highest BCUT2D eigenvalue weighted by atomic mass is 14.9. The summed E-state index contributed by atoms with van der Waals surface area (Å²) in [6.07, 6.45) is 9.10. The molecule has 2 heteroatoms. The molecule has 0 fully saturated rings. The summed E-state index contributed by atoms with van der Waals surface area (Å²) in [6.45, 7) is 4.59. The third-order valence-electron chi connectivity index (χ3n) is 4.22. The van der Waals surface area contributed by atoms with Crippen molar-refractivity contribution in [2.45, 2.75) is 70.9 Å². The Morgan fingerprint density at radius 1 is 1.32 bits per heavy atom. The lowest BCUT2D eigenvalue weighted by Gasteiger charge is -2.20. The summed E-state index contributed by atoms with van der Waals surface area (Å²) >= 11 is 0. The van der Waals surface area contributed by atoms with Gasteiger partial charge in [0.15, 0.2) is 0 Å². The van der Waals surface area contributed by atoms with Crippen molar-refractivity contribution in [3.8, 4) is 0 Å². The van der Waals surface area contributed by atoms with Crippen molar-refractivity contribution in [3.63, 3.8) is 0 Å². The van der Waals surface area contributed by atoms with Gasteiger partial charge in [-0.1, -0.05) is 38.7 Å². The highest BCUT2D eigenvalue weighted by Gasteiger charge is 2.23. The van der Waals surface area contributed by atoms with Gasteiger partial charge >= 0.3 is 0 Å². The molecule has 0 saturated heterocycles. The zero-order chi connectivity index (χ0) is 13.7. The van der Waals surface area contributed by atoms with Gasteiger partial charge in [0.05, 0.1) is 0 Å². The van der Waals surface area contributed by atoms with Crippen LogP contribution in [-0.2, 0) is 6.42 Å². The van der Waals surface area contributed by atoms with E-state index in [-0.39, 0.29) is 0 Å². The molecule has 0 bridgehead atoms. The highest BCUT2D eigenvalue weighted by molar-refractivity contribution is 5.47. The Balaban J connectivity index is 1.81. The largest absolute Gasteiger partial charge is 0.399 e. The summed E-state index contributed by atoms with van der Waals surface area (Å²) in [5.41, 5.74) is 9.65. The van der Waals surface area contributed by atoms with E-state index in [0.717, 1.165) is 5.69 Å². The van der Waals surface area contributed by atoms with Gasteiger partial charge in [-0.05, 0) is 49.4 Å². The van der Waals surface area contributed by atoms with Gasteiger partial charge < -0.3 is 11.1 Å². The van der Waals surface area contributed by atoms with Gasteiger partial charge in [-0.25, -0.2) is 0 Å². The van der Waals surface area contributed by atoms with Crippen LogP contribution in [0.3, 0.4) is 0 Å². The first-order valence-electron chi connectivity index (χ1n) is 7.85. The SMILES string of the molecule is CCCCCCC(C)NC1CCc2cc(N)ccc21. The van der Waals surface area contributed by atoms with Crippen molar-refractivity contribution in [3.05, 3.63) is 29.3 Å². The predicted molar refractivity (Wildman–Crippen MR) is 83.3 cm³/mol. The molecule has 1 aromatic carbocycles. The van der Waals surface area contributed by atoms with Crippen molar-refractivity contribution in [1.29, 1.82) is 0 Å². The Bertz CT molecular complexity index is 400. The molecule has 0 saturated carbocycles. The molecule has 3 N–H and O–H groups in total. The number of hydrogen-bond acceptors (Lipinski definition) is 2. The summed E-state index contributed by atoms with van der Waals surface area (Å²) < 4.78 is 0. The highest BCUT2D eigenvalue weighted by Crippen LogP contribution is 2.32. The van der Waals surface area contributed by atoms with Crippen LogP contribution in [0.1, 0.15) is 69.5 Å². The van der Waals surface area contributed by atoms with Crippen LogP contribution >= 0.6 is 0 Å². The van der Waals surface area contributed by atoms with Crippen LogP contribution < -0.4 is 11.1 Å². The van der Waals surface area contributed by atoms with E-state index in [1.165, 1.54) is 56.1 Å². The number of rotatable bonds is 7. The van der Waals surface area contributed by atoms with Gasteiger partial charge in [0, 0.05) is 17.8 Å². The van der Waals surface area contributed by atoms with E-state index < -0.39 is 0 Å². The second-order valence-electron chi connectivity index (χ2n) is 5.97. The molecule has 0 aliphatic heterocycles. The number of aryl methyl sites for hydroxylation is 1. The van der Waals surface area contributed by atoms with Crippen LogP contribution in [0.15, 0.2) is 18.2 Å². The number of anilines is 1. The Kier molecular flexibility index (Phi) is 5.26. The Morgan fingerprint density at radius 3 is 2.95 bits per heavy atom. The molecule has 0 heterocycles. The molecule has 1 aliphatic carbocycles. The number of nitrogens with one attached hydrogen (secondary N) is 1. The van der Waals surface area contributed by atoms with Gasteiger partial charge in [0.25, 0.3) is 0 Å². The molecule has 0 spiro atoms. The molecule has 19 heavy (non-hydrogen) atoms. The fourth-order valence-corrected chi connectivity index (χ4v) is 3.11. The third kappa shape index (κ3) is 3.97. The van der Waals surface area contributed by atoms with Gasteiger partial charge in [0.2, 0.25) is 0 Å². The molecule has 1 aromatic rings. The monoisotopic (exact) mass is 260 g/mol. The average Bonchev–Trinajstić information content (AvgIpc) is 2.77. The predicted octanol–water partition coefficient (Wildman–Crippen LogP) is 4.20. The van der Waals surface area contributed by atoms with E-state index in [4.69, 9.17) is 5.73 Å². The van der Waals surface area contributed by atoms with E-state index in [0.29, 0.717) is 12.1 Å². The second-order valence-corrected chi connectivity index (χ2v) is 5.97. The number of nitrogen functional groups attached to an aromatic ring is 1. The lowest BCUT2D eigenvalue weighted by Crippen LogP contribution is -2.29. The molecule has 0 radical (unpaired) electrons. The lowest BCUT2D eigenvalue weighted by molar-refractivity contribution is 0.419. The Morgan fingerprint density at radius 2 is 2.16 bits per heavy atom. The summed E-state index contributed by atoms with van der Waals surface area (Å²) in [5.74, 6) is 0. The number of nitrogens with two attached hydrogens (primary N) is 1. The second kappa shape index (κ2) is 6.95. The van der Waals surface area contributed by atoms with Gasteiger partial charge in [0.1, 0.15) is 0 Å². The van der Waals surface area contributed by atoms with Gasteiger partial charge in [-0.15, -0.1) is 0 Å². The Hall–Kier alpha value is -1.02. The van der Waals surface area contributed by atoms with Gasteiger partial charge in [-0.3, -0.25) is 0 Å². The van der Waals surface area contributed by atoms with Crippen molar-refractivity contribution >= 4 is 5.69 Å². The Labute approximate surface area is 117 Å². The van der Waals surface area contributed by atoms with E-state index in [9.17, 15) is 0 Å². The molecule has 2 unspecified atom stereocenters. The molecule has 2 nitrogen and oxygen atoms in total. The molecular weight excluding hydrogens is 232 g/mol. The maximum Gasteiger partial charge on any atom is 0.0328 e. The van der Waals surface area contributed by atoms with E-state index in [2.05, 4.69) is 31.3 Å². The molecule has 0 amide bonds. The van der Waals surface area contributed by atoms with Crippen LogP contribution in [0, 0.1) is 0 Å². The van der Waals surface area contributed by atoms with Crippen molar-refractivity contribution in [2.75, 3.05) is 5.73 Å². The normalized spacial score (nSPS) is 19.4. The van der Waals surface area contributed by atoms with Crippen LogP contribution in [0.2, 0.25) is 0 Å². The van der Waals surface area contributed by atoms with Crippen molar-refractivity contribution in [2.24, 2.45) is 0 Å². The van der Waals surface area contributed by atoms with Crippen molar-refractivity contribution < 1.29 is 0 Å². The minimum absolute atomic E-state index is 0.539. The van der Waals surface area contributed by atoms with Crippen LogP contribution in [0.25, 0.3) is 0 Å². The molecule has 2 rings (SSSR count). The lowest BCUT2D eigenvalue weighted by atomic mass is 10.0. The van der Waals surface area contributed by atoms with Crippen molar-refractivity contribution in [1.82, 2.24) is 5.32 Å². The molecule has 2 atom stereocenters. The summed E-state index contributed by atoms with van der Waals surface area (Å²) in [5, 5.41) is 3.79. The smallest absolute Gasteiger partial charge is 0.0328 e. The molecule has 0 aromatic heterocycles. The molecule has 106 valence electrons. The molecule has 1 aliphatic rings. The summed E-state index contributed by atoms with van der Waals surface area (Å²) in [4.78, 5) is 0. The van der Waals surface area contributed by atoms with E-state index >= 15 is 0 Å². The first kappa shape index (κ1) is 14.4. The number of hydrogen-bond donors (Lipinski definition) is 2. The minimum Gasteiger partial charge on any atom is -0.399 e. The fourth-order valence-electron chi connectivity index (χ4n) is 3.11. The number of benzene rings is 1. The quantitative estimate of drug-likeness (QED) is 0.569.